The molecule has 2 aromatic carbocycles. The third kappa shape index (κ3) is 4.88. The summed E-state index contributed by atoms with van der Waals surface area (Å²) < 4.78 is 32.7. The Hall–Kier alpha value is -2.71. The van der Waals surface area contributed by atoms with E-state index in [1.807, 2.05) is 12.1 Å². The standard InChI is InChI=1S/C22H26N2O5S/c1-16(2)18-7-9-20(10-8-18)29-22(26)19-5-4-6-21(15-19)30(27,28)24-13-11-23(12-14-24)17(3)25/h4-10,15-16H,11-14H2,1-3H3. The minimum Gasteiger partial charge on any atom is -0.423 e. The van der Waals surface area contributed by atoms with Crippen LogP contribution in [0.4, 0.5) is 0 Å². The molecule has 1 aliphatic heterocycles. The lowest BCUT2D eigenvalue weighted by Crippen LogP contribution is -2.49. The molecule has 1 heterocycles. The number of hydrogen-bond donors (Lipinski definition) is 0. The van der Waals surface area contributed by atoms with Crippen LogP contribution in [0.25, 0.3) is 0 Å². The second-order valence-electron chi connectivity index (χ2n) is 7.55. The Morgan fingerprint density at radius 2 is 1.60 bits per heavy atom. The number of piperazine rings is 1. The van der Waals surface area contributed by atoms with Gasteiger partial charge in [0, 0.05) is 33.1 Å². The van der Waals surface area contributed by atoms with Crippen molar-refractivity contribution in [2.24, 2.45) is 0 Å². The van der Waals surface area contributed by atoms with Gasteiger partial charge < -0.3 is 9.64 Å². The predicted octanol–water partition coefficient (Wildman–Crippen LogP) is 2.88. The molecule has 160 valence electrons. The highest BCUT2D eigenvalue weighted by molar-refractivity contribution is 7.89. The Morgan fingerprint density at radius 1 is 0.967 bits per heavy atom. The minimum atomic E-state index is -3.77. The first kappa shape index (κ1) is 22.0. The maximum atomic E-state index is 13.0. The van der Waals surface area contributed by atoms with Gasteiger partial charge in [0.15, 0.2) is 0 Å². The maximum absolute atomic E-state index is 13.0. The molecule has 0 bridgehead atoms. The average molecular weight is 431 g/mol. The van der Waals surface area contributed by atoms with Crippen LogP contribution in [-0.2, 0) is 14.8 Å². The topological polar surface area (TPSA) is 84.0 Å². The SMILES string of the molecule is CC(=O)N1CCN(S(=O)(=O)c2cccc(C(=O)Oc3ccc(C(C)C)cc3)c2)CC1. The molecule has 1 amide bonds. The van der Waals surface area contributed by atoms with Crippen molar-refractivity contribution in [3.05, 3.63) is 59.7 Å². The van der Waals surface area contributed by atoms with Crippen LogP contribution in [0.3, 0.4) is 0 Å². The Balaban J connectivity index is 1.73. The number of nitrogens with zero attached hydrogens (tertiary/aromatic N) is 2. The fourth-order valence-corrected chi connectivity index (χ4v) is 4.73. The van der Waals surface area contributed by atoms with Gasteiger partial charge in [-0.1, -0.05) is 32.0 Å². The van der Waals surface area contributed by atoms with Crippen molar-refractivity contribution in [2.45, 2.75) is 31.6 Å². The Kier molecular flexibility index (Phi) is 6.58. The van der Waals surface area contributed by atoms with E-state index in [1.54, 1.807) is 17.0 Å². The monoisotopic (exact) mass is 430 g/mol. The van der Waals surface area contributed by atoms with E-state index in [2.05, 4.69) is 13.8 Å². The summed E-state index contributed by atoms with van der Waals surface area (Å²) in [6, 6.07) is 13.1. The fourth-order valence-electron chi connectivity index (χ4n) is 3.26. The molecule has 1 saturated heterocycles. The van der Waals surface area contributed by atoms with Gasteiger partial charge in [-0.25, -0.2) is 13.2 Å². The van der Waals surface area contributed by atoms with E-state index in [0.717, 1.165) is 5.56 Å². The zero-order chi connectivity index (χ0) is 21.9. The number of benzene rings is 2. The van der Waals surface area contributed by atoms with Crippen LogP contribution in [0.2, 0.25) is 0 Å². The number of esters is 1. The molecule has 0 unspecified atom stereocenters. The minimum absolute atomic E-state index is 0.0309. The molecule has 0 spiro atoms. The second kappa shape index (κ2) is 8.97. The van der Waals surface area contributed by atoms with Crippen LogP contribution in [0.15, 0.2) is 53.4 Å². The number of carbonyl (C=O) groups excluding carboxylic acids is 2. The maximum Gasteiger partial charge on any atom is 0.343 e. The number of amides is 1. The smallest absolute Gasteiger partial charge is 0.343 e. The summed E-state index contributed by atoms with van der Waals surface area (Å²) in [5.41, 5.74) is 1.29. The third-order valence-electron chi connectivity index (χ3n) is 5.15. The lowest BCUT2D eigenvalue weighted by molar-refractivity contribution is -0.129. The van der Waals surface area contributed by atoms with Gasteiger partial charge in [0.1, 0.15) is 5.75 Å². The van der Waals surface area contributed by atoms with E-state index in [1.165, 1.54) is 35.5 Å². The molecular formula is C22H26N2O5S. The summed E-state index contributed by atoms with van der Waals surface area (Å²) in [5, 5.41) is 0. The van der Waals surface area contributed by atoms with Crippen molar-refractivity contribution in [1.29, 1.82) is 0 Å². The third-order valence-corrected chi connectivity index (χ3v) is 7.04. The van der Waals surface area contributed by atoms with Gasteiger partial charge in [-0.05, 0) is 41.8 Å². The molecule has 2 aromatic rings. The summed E-state index contributed by atoms with van der Waals surface area (Å²) in [6.07, 6.45) is 0. The molecule has 1 fully saturated rings. The predicted molar refractivity (Wildman–Crippen MR) is 113 cm³/mol. The molecule has 0 aliphatic carbocycles. The summed E-state index contributed by atoms with van der Waals surface area (Å²) >= 11 is 0. The number of rotatable bonds is 5. The Morgan fingerprint density at radius 3 is 2.17 bits per heavy atom. The van der Waals surface area contributed by atoms with Crippen LogP contribution in [-0.4, -0.2) is 55.7 Å². The first-order valence-electron chi connectivity index (χ1n) is 9.86. The van der Waals surface area contributed by atoms with Crippen LogP contribution in [0.5, 0.6) is 5.75 Å². The largest absolute Gasteiger partial charge is 0.423 e. The quantitative estimate of drug-likeness (QED) is 0.538. The first-order valence-corrected chi connectivity index (χ1v) is 11.3. The number of ether oxygens (including phenoxy) is 1. The van der Waals surface area contributed by atoms with Crippen LogP contribution >= 0.6 is 0 Å². The van der Waals surface area contributed by atoms with Gasteiger partial charge >= 0.3 is 5.97 Å². The molecule has 7 nitrogen and oxygen atoms in total. The molecule has 1 aliphatic rings. The van der Waals surface area contributed by atoms with Crippen molar-refractivity contribution >= 4 is 21.9 Å². The molecule has 8 heteroatoms. The summed E-state index contributed by atoms with van der Waals surface area (Å²) in [6.45, 7) is 6.76. The van der Waals surface area contributed by atoms with E-state index in [0.29, 0.717) is 24.8 Å². The van der Waals surface area contributed by atoms with E-state index < -0.39 is 16.0 Å². The molecule has 0 saturated carbocycles. The van der Waals surface area contributed by atoms with Crippen molar-refractivity contribution < 1.29 is 22.7 Å². The van der Waals surface area contributed by atoms with Crippen LogP contribution < -0.4 is 4.74 Å². The Bertz CT molecular complexity index is 1020. The van der Waals surface area contributed by atoms with E-state index in [9.17, 15) is 18.0 Å². The molecule has 0 N–H and O–H groups in total. The highest BCUT2D eigenvalue weighted by atomic mass is 32.2. The van der Waals surface area contributed by atoms with Gasteiger partial charge in [-0.2, -0.15) is 4.31 Å². The normalized spacial score (nSPS) is 15.3. The number of hydrogen-bond acceptors (Lipinski definition) is 5. The molecule has 30 heavy (non-hydrogen) atoms. The zero-order valence-corrected chi connectivity index (χ0v) is 18.2. The van der Waals surface area contributed by atoms with Gasteiger partial charge in [0.2, 0.25) is 15.9 Å². The second-order valence-corrected chi connectivity index (χ2v) is 9.49. The Labute approximate surface area is 177 Å². The highest BCUT2D eigenvalue weighted by Crippen LogP contribution is 2.22. The fraction of sp³-hybridized carbons (Fsp3) is 0.364. The van der Waals surface area contributed by atoms with Gasteiger partial charge in [0.25, 0.3) is 0 Å². The summed E-state index contributed by atoms with van der Waals surface area (Å²) in [4.78, 5) is 25.6. The zero-order valence-electron chi connectivity index (χ0n) is 17.4. The first-order chi connectivity index (χ1) is 14.2. The van der Waals surface area contributed by atoms with Crippen molar-refractivity contribution in [2.75, 3.05) is 26.2 Å². The van der Waals surface area contributed by atoms with Crippen molar-refractivity contribution in [1.82, 2.24) is 9.21 Å². The molecular weight excluding hydrogens is 404 g/mol. The number of sulfonamides is 1. The van der Waals surface area contributed by atoms with Gasteiger partial charge in [-0.15, -0.1) is 0 Å². The average Bonchev–Trinajstić information content (AvgIpc) is 2.74. The van der Waals surface area contributed by atoms with E-state index in [-0.39, 0.29) is 29.5 Å². The molecule has 0 radical (unpaired) electrons. The molecule has 0 atom stereocenters. The van der Waals surface area contributed by atoms with Crippen LogP contribution in [0, 0.1) is 0 Å². The lowest BCUT2D eigenvalue weighted by Gasteiger charge is -2.33. The van der Waals surface area contributed by atoms with Gasteiger partial charge in [-0.3, -0.25) is 4.79 Å². The van der Waals surface area contributed by atoms with Crippen molar-refractivity contribution in [3.63, 3.8) is 0 Å². The summed E-state index contributed by atoms with van der Waals surface area (Å²) in [5.74, 6) is 0.0796. The molecule has 3 rings (SSSR count). The van der Waals surface area contributed by atoms with E-state index >= 15 is 0 Å². The number of carbonyl (C=O) groups is 2. The highest BCUT2D eigenvalue weighted by Gasteiger charge is 2.29. The summed E-state index contributed by atoms with van der Waals surface area (Å²) in [7, 11) is -3.77. The van der Waals surface area contributed by atoms with E-state index in [4.69, 9.17) is 4.74 Å². The molecule has 0 aromatic heterocycles. The van der Waals surface area contributed by atoms with Crippen LogP contribution in [0.1, 0.15) is 42.6 Å². The van der Waals surface area contributed by atoms with Gasteiger partial charge in [0.05, 0.1) is 10.5 Å². The van der Waals surface area contributed by atoms with Crippen molar-refractivity contribution in [3.8, 4) is 5.75 Å². The lowest BCUT2D eigenvalue weighted by atomic mass is 10.0.